The molecule has 146 valence electrons. The maximum atomic E-state index is 12.7. The predicted molar refractivity (Wildman–Crippen MR) is 112 cm³/mol. The van der Waals surface area contributed by atoms with Crippen LogP contribution in [0.25, 0.3) is 33.7 Å². The van der Waals surface area contributed by atoms with E-state index in [0.717, 1.165) is 5.56 Å². The van der Waals surface area contributed by atoms with E-state index in [0.29, 0.717) is 39.4 Å². The number of aromatic amines is 1. The number of H-pyrrole nitrogens is 1. The van der Waals surface area contributed by atoms with E-state index in [1.807, 2.05) is 18.2 Å². The third kappa shape index (κ3) is 3.40. The first kappa shape index (κ1) is 18.0. The van der Waals surface area contributed by atoms with Crippen LogP contribution in [0.2, 0.25) is 5.15 Å². The van der Waals surface area contributed by atoms with Crippen LogP contribution in [0.15, 0.2) is 71.7 Å². The number of benzene rings is 2. The van der Waals surface area contributed by atoms with E-state index < -0.39 is 0 Å². The zero-order chi connectivity index (χ0) is 20.5. The Morgan fingerprint density at radius 3 is 2.70 bits per heavy atom. The Hall–Kier alpha value is -4.04. The van der Waals surface area contributed by atoms with Crippen molar-refractivity contribution in [1.29, 1.82) is 0 Å². The summed E-state index contributed by atoms with van der Waals surface area (Å²) in [7, 11) is 0. The van der Waals surface area contributed by atoms with Crippen molar-refractivity contribution in [3.63, 3.8) is 0 Å². The zero-order valence-corrected chi connectivity index (χ0v) is 16.1. The van der Waals surface area contributed by atoms with Gasteiger partial charge in [-0.25, -0.2) is 15.0 Å². The Morgan fingerprint density at radius 2 is 1.90 bits per heavy atom. The molecule has 5 rings (SSSR count). The average molecular weight is 417 g/mol. The first-order chi connectivity index (χ1) is 14.7. The summed E-state index contributed by atoms with van der Waals surface area (Å²) in [5.74, 6) is 0.827. The molecule has 0 saturated heterocycles. The smallest absolute Gasteiger partial charge is 0.255 e. The van der Waals surface area contributed by atoms with E-state index in [9.17, 15) is 4.79 Å². The Kier molecular flexibility index (Phi) is 4.45. The number of halogens is 1. The molecule has 9 heteroatoms. The predicted octanol–water partition coefficient (Wildman–Crippen LogP) is 4.58. The highest BCUT2D eigenvalue weighted by atomic mass is 35.5. The molecule has 8 nitrogen and oxygen atoms in total. The highest BCUT2D eigenvalue weighted by Gasteiger charge is 2.12. The summed E-state index contributed by atoms with van der Waals surface area (Å²) >= 11 is 6.20. The van der Waals surface area contributed by atoms with Gasteiger partial charge in [-0.2, -0.15) is 5.10 Å². The second kappa shape index (κ2) is 7.41. The van der Waals surface area contributed by atoms with Crippen LogP contribution in [0.4, 0.5) is 5.69 Å². The highest BCUT2D eigenvalue weighted by Crippen LogP contribution is 2.24. The maximum absolute atomic E-state index is 12.7. The largest absolute Gasteiger partial charge is 0.444 e. The molecular weight excluding hydrogens is 404 g/mol. The fraction of sp³-hybridized carbons (Fsp3) is 0. The first-order valence-corrected chi connectivity index (χ1v) is 9.32. The lowest BCUT2D eigenvalue weighted by Gasteiger charge is -2.08. The van der Waals surface area contributed by atoms with Gasteiger partial charge in [-0.1, -0.05) is 23.7 Å². The zero-order valence-electron chi connectivity index (χ0n) is 15.3. The van der Waals surface area contributed by atoms with Gasteiger partial charge >= 0.3 is 0 Å². The maximum Gasteiger partial charge on any atom is 0.255 e. The molecule has 0 unspecified atom stereocenters. The average Bonchev–Trinajstić information content (AvgIpc) is 3.47. The van der Waals surface area contributed by atoms with E-state index in [1.165, 1.54) is 6.39 Å². The van der Waals surface area contributed by atoms with E-state index in [2.05, 4.69) is 30.5 Å². The molecule has 2 aromatic carbocycles. The van der Waals surface area contributed by atoms with Crippen molar-refractivity contribution >= 4 is 34.2 Å². The Morgan fingerprint density at radius 1 is 1.03 bits per heavy atom. The normalized spacial score (nSPS) is 11.0. The van der Waals surface area contributed by atoms with Crippen LogP contribution in [0.3, 0.4) is 0 Å². The van der Waals surface area contributed by atoms with Crippen molar-refractivity contribution in [2.45, 2.75) is 0 Å². The third-order valence-electron chi connectivity index (χ3n) is 4.50. The first-order valence-electron chi connectivity index (χ1n) is 8.95. The molecule has 0 fully saturated rings. The molecular formula is C21H13ClN6O2. The van der Waals surface area contributed by atoms with Crippen LogP contribution in [0, 0.1) is 0 Å². The van der Waals surface area contributed by atoms with Crippen molar-refractivity contribution in [2.75, 3.05) is 5.32 Å². The topological polar surface area (TPSA) is 110 Å². The summed E-state index contributed by atoms with van der Waals surface area (Å²) < 4.78 is 5.27. The van der Waals surface area contributed by atoms with Gasteiger partial charge in [0.05, 0.1) is 12.4 Å². The van der Waals surface area contributed by atoms with E-state index in [-0.39, 0.29) is 11.1 Å². The number of nitrogens with zero attached hydrogens (tertiary/aromatic N) is 4. The molecule has 5 aromatic rings. The van der Waals surface area contributed by atoms with Gasteiger partial charge in [-0.05, 0) is 36.4 Å². The molecule has 3 aromatic heterocycles. The number of hydrogen-bond donors (Lipinski definition) is 2. The standard InChI is InChI=1S/C21H13ClN6O2/c22-19-18-16(9-24-28-18)26-20(27-19)13-2-1-3-14(8-13)21(29)25-15-6-4-12(5-7-15)17-10-23-11-30-17/h1-11H,(H,24,28)(H,25,29). The van der Waals surface area contributed by atoms with Gasteiger partial charge in [-0.3, -0.25) is 9.89 Å². The number of anilines is 1. The minimum atomic E-state index is -0.250. The molecule has 0 aliphatic carbocycles. The number of carbonyl (C=O) groups excluding carboxylic acids is 1. The van der Waals surface area contributed by atoms with Crippen molar-refractivity contribution in [1.82, 2.24) is 25.1 Å². The summed E-state index contributed by atoms with van der Waals surface area (Å²) in [6.07, 6.45) is 4.58. The van der Waals surface area contributed by atoms with E-state index in [4.69, 9.17) is 16.0 Å². The number of carbonyl (C=O) groups is 1. The lowest BCUT2D eigenvalue weighted by molar-refractivity contribution is 0.102. The van der Waals surface area contributed by atoms with Gasteiger partial charge in [0.2, 0.25) is 0 Å². The van der Waals surface area contributed by atoms with Crippen LogP contribution in [-0.4, -0.2) is 31.1 Å². The summed E-state index contributed by atoms with van der Waals surface area (Å²) in [4.78, 5) is 25.4. The van der Waals surface area contributed by atoms with Crippen LogP contribution in [-0.2, 0) is 0 Å². The van der Waals surface area contributed by atoms with E-state index >= 15 is 0 Å². The van der Waals surface area contributed by atoms with Gasteiger partial charge in [0.15, 0.2) is 23.1 Å². The number of aromatic nitrogens is 5. The van der Waals surface area contributed by atoms with E-state index in [1.54, 1.807) is 42.7 Å². The fourth-order valence-electron chi connectivity index (χ4n) is 3.01. The fourth-order valence-corrected chi connectivity index (χ4v) is 3.23. The molecule has 0 aliphatic rings. The second-order valence-electron chi connectivity index (χ2n) is 6.45. The molecule has 1 amide bonds. The molecule has 0 atom stereocenters. The SMILES string of the molecule is O=C(Nc1ccc(-c2cnco2)cc1)c1cccc(-c2nc(Cl)c3[nH]ncc3n2)c1. The monoisotopic (exact) mass is 416 g/mol. The molecule has 0 saturated carbocycles. The number of oxazole rings is 1. The minimum Gasteiger partial charge on any atom is -0.444 e. The molecule has 0 spiro atoms. The lowest BCUT2D eigenvalue weighted by Crippen LogP contribution is -2.11. The van der Waals surface area contributed by atoms with Gasteiger partial charge < -0.3 is 9.73 Å². The Labute approximate surface area is 175 Å². The van der Waals surface area contributed by atoms with Gasteiger partial charge in [0.25, 0.3) is 5.91 Å². The summed E-state index contributed by atoms with van der Waals surface area (Å²) in [5.41, 5.74) is 3.85. The van der Waals surface area contributed by atoms with Crippen molar-refractivity contribution in [3.05, 3.63) is 78.0 Å². The van der Waals surface area contributed by atoms with Crippen molar-refractivity contribution in [3.8, 4) is 22.7 Å². The van der Waals surface area contributed by atoms with Crippen LogP contribution in [0.5, 0.6) is 0 Å². The number of rotatable bonds is 4. The van der Waals surface area contributed by atoms with Crippen LogP contribution in [0.1, 0.15) is 10.4 Å². The quantitative estimate of drug-likeness (QED) is 0.415. The summed E-state index contributed by atoms with van der Waals surface area (Å²) in [5, 5.41) is 9.83. The number of hydrogen-bond acceptors (Lipinski definition) is 6. The minimum absolute atomic E-state index is 0.250. The van der Waals surface area contributed by atoms with Gasteiger partial charge in [0, 0.05) is 22.4 Å². The molecule has 3 heterocycles. The molecule has 2 N–H and O–H groups in total. The molecule has 0 radical (unpaired) electrons. The summed E-state index contributed by atoms with van der Waals surface area (Å²) in [6, 6.07) is 14.3. The highest BCUT2D eigenvalue weighted by molar-refractivity contribution is 6.33. The Balaban J connectivity index is 1.38. The van der Waals surface area contributed by atoms with Gasteiger partial charge in [0.1, 0.15) is 11.0 Å². The van der Waals surface area contributed by atoms with Gasteiger partial charge in [-0.15, -0.1) is 0 Å². The molecule has 30 heavy (non-hydrogen) atoms. The molecule has 0 bridgehead atoms. The lowest BCUT2D eigenvalue weighted by atomic mass is 10.1. The molecule has 0 aliphatic heterocycles. The number of amides is 1. The van der Waals surface area contributed by atoms with Crippen LogP contribution < -0.4 is 5.32 Å². The second-order valence-corrected chi connectivity index (χ2v) is 6.80. The summed E-state index contributed by atoms with van der Waals surface area (Å²) in [6.45, 7) is 0. The van der Waals surface area contributed by atoms with Crippen molar-refractivity contribution in [2.24, 2.45) is 0 Å². The Bertz CT molecular complexity index is 1350. The number of nitrogens with one attached hydrogen (secondary N) is 2. The third-order valence-corrected chi connectivity index (χ3v) is 4.77. The van der Waals surface area contributed by atoms with Crippen molar-refractivity contribution < 1.29 is 9.21 Å². The van der Waals surface area contributed by atoms with Crippen LogP contribution >= 0.6 is 11.6 Å². The number of fused-ring (bicyclic) bond motifs is 1.